The van der Waals surface area contributed by atoms with E-state index >= 15 is 0 Å². The fourth-order valence-corrected chi connectivity index (χ4v) is 2.62. The van der Waals surface area contributed by atoms with Gasteiger partial charge in [0.2, 0.25) is 0 Å². The minimum atomic E-state index is 0.177. The second-order valence-electron chi connectivity index (χ2n) is 6.45. The quantitative estimate of drug-likeness (QED) is 0.734. The van der Waals surface area contributed by atoms with E-state index in [-0.39, 0.29) is 5.92 Å². The van der Waals surface area contributed by atoms with Gasteiger partial charge in [0.1, 0.15) is 5.78 Å². The molecule has 1 heterocycles. The Morgan fingerprint density at radius 1 is 1.44 bits per heavy atom. The van der Waals surface area contributed by atoms with Crippen LogP contribution in [-0.4, -0.2) is 19.0 Å². The van der Waals surface area contributed by atoms with Crippen LogP contribution >= 0.6 is 0 Å². The van der Waals surface area contributed by atoms with Gasteiger partial charge in [-0.15, -0.1) is 0 Å². The molecule has 0 bridgehead atoms. The Morgan fingerprint density at radius 3 is 2.62 bits per heavy atom. The summed E-state index contributed by atoms with van der Waals surface area (Å²) >= 11 is 0. The Hall–Kier alpha value is -0.370. The summed E-state index contributed by atoms with van der Waals surface area (Å²) in [5.41, 5.74) is 0.322. The van der Waals surface area contributed by atoms with Crippen molar-refractivity contribution in [2.45, 2.75) is 53.4 Å². The van der Waals surface area contributed by atoms with Crippen LogP contribution in [-0.2, 0) is 9.53 Å². The van der Waals surface area contributed by atoms with E-state index in [1.54, 1.807) is 0 Å². The van der Waals surface area contributed by atoms with Crippen LogP contribution in [0, 0.1) is 17.3 Å². The summed E-state index contributed by atoms with van der Waals surface area (Å²) in [4.78, 5) is 12.0. The predicted molar refractivity (Wildman–Crippen MR) is 66.4 cm³/mol. The zero-order valence-electron chi connectivity index (χ0n) is 11.2. The molecule has 0 saturated carbocycles. The van der Waals surface area contributed by atoms with Gasteiger partial charge < -0.3 is 4.74 Å². The third-order valence-corrected chi connectivity index (χ3v) is 3.13. The molecule has 2 nitrogen and oxygen atoms in total. The number of Topliss-reactive ketones (excluding diaryl/α,β-unsaturated/α-hetero) is 1. The first-order valence-corrected chi connectivity index (χ1v) is 6.49. The van der Waals surface area contributed by atoms with Crippen LogP contribution in [0.1, 0.15) is 53.4 Å². The van der Waals surface area contributed by atoms with E-state index in [4.69, 9.17) is 4.74 Å². The number of carbonyl (C=O) groups is 1. The molecule has 1 rings (SSSR count). The van der Waals surface area contributed by atoms with Crippen molar-refractivity contribution >= 4 is 5.78 Å². The highest BCUT2D eigenvalue weighted by molar-refractivity contribution is 5.81. The molecule has 2 atom stereocenters. The van der Waals surface area contributed by atoms with Crippen LogP contribution in [0.5, 0.6) is 0 Å². The molecule has 0 amide bonds. The lowest BCUT2D eigenvalue weighted by atomic mass is 9.81. The molecule has 0 radical (unpaired) electrons. The summed E-state index contributed by atoms with van der Waals surface area (Å²) in [6, 6.07) is 0. The Bertz CT molecular complexity index is 221. The molecule has 2 heteroatoms. The fourth-order valence-electron chi connectivity index (χ4n) is 2.62. The Morgan fingerprint density at radius 2 is 2.12 bits per heavy atom. The van der Waals surface area contributed by atoms with Crippen molar-refractivity contribution in [3.8, 4) is 0 Å². The Kier molecular flexibility index (Phi) is 4.97. The lowest BCUT2D eigenvalue weighted by Gasteiger charge is -2.25. The molecule has 2 unspecified atom stereocenters. The van der Waals surface area contributed by atoms with Crippen LogP contribution in [0.2, 0.25) is 0 Å². The molecule has 0 aromatic heterocycles. The first kappa shape index (κ1) is 13.7. The summed E-state index contributed by atoms with van der Waals surface area (Å²) in [6.45, 7) is 10.4. The molecule has 1 aliphatic heterocycles. The molecule has 94 valence electrons. The highest BCUT2D eigenvalue weighted by atomic mass is 16.5. The van der Waals surface area contributed by atoms with Crippen LogP contribution in [0.25, 0.3) is 0 Å². The van der Waals surface area contributed by atoms with Crippen LogP contribution in [0.15, 0.2) is 0 Å². The monoisotopic (exact) mass is 226 g/mol. The lowest BCUT2D eigenvalue weighted by Crippen LogP contribution is -2.27. The van der Waals surface area contributed by atoms with Gasteiger partial charge in [-0.2, -0.15) is 0 Å². The summed E-state index contributed by atoms with van der Waals surface area (Å²) < 4.78 is 5.36. The molecular weight excluding hydrogens is 200 g/mol. The molecule has 0 N–H and O–H groups in total. The molecule has 1 saturated heterocycles. The minimum absolute atomic E-state index is 0.177. The Labute approximate surface area is 99.8 Å². The van der Waals surface area contributed by atoms with E-state index in [0.717, 1.165) is 32.3 Å². The molecular formula is C14H26O2. The maximum Gasteiger partial charge on any atom is 0.138 e. The van der Waals surface area contributed by atoms with E-state index in [9.17, 15) is 4.79 Å². The normalized spacial score (nSPS) is 24.1. The molecule has 0 spiro atoms. The van der Waals surface area contributed by atoms with Gasteiger partial charge in [0, 0.05) is 18.9 Å². The highest BCUT2D eigenvalue weighted by Gasteiger charge is 2.24. The van der Waals surface area contributed by atoms with E-state index < -0.39 is 0 Å². The van der Waals surface area contributed by atoms with Gasteiger partial charge in [0.15, 0.2) is 0 Å². The average Bonchev–Trinajstić information content (AvgIpc) is 2.16. The third-order valence-electron chi connectivity index (χ3n) is 3.13. The smallest absolute Gasteiger partial charge is 0.138 e. The molecule has 16 heavy (non-hydrogen) atoms. The van der Waals surface area contributed by atoms with Gasteiger partial charge in [0.05, 0.1) is 6.61 Å². The van der Waals surface area contributed by atoms with Crippen molar-refractivity contribution in [1.82, 2.24) is 0 Å². The maximum absolute atomic E-state index is 12.0. The number of carbonyl (C=O) groups excluding carboxylic acids is 1. The van der Waals surface area contributed by atoms with Crippen LogP contribution in [0.4, 0.5) is 0 Å². The van der Waals surface area contributed by atoms with Crippen molar-refractivity contribution in [2.24, 2.45) is 17.3 Å². The molecule has 0 aromatic rings. The van der Waals surface area contributed by atoms with E-state index in [2.05, 4.69) is 27.7 Å². The van der Waals surface area contributed by atoms with Gasteiger partial charge in [-0.25, -0.2) is 0 Å². The van der Waals surface area contributed by atoms with Crippen molar-refractivity contribution < 1.29 is 9.53 Å². The topological polar surface area (TPSA) is 26.3 Å². The van der Waals surface area contributed by atoms with Crippen molar-refractivity contribution in [3.63, 3.8) is 0 Å². The molecule has 1 fully saturated rings. The third kappa shape index (κ3) is 5.11. The SMILES string of the molecule is CC(CC(=O)C1CCCOC1)CC(C)(C)C. The van der Waals surface area contributed by atoms with Gasteiger partial charge in [-0.1, -0.05) is 27.7 Å². The van der Waals surface area contributed by atoms with Crippen LogP contribution in [0.3, 0.4) is 0 Å². The second kappa shape index (κ2) is 5.81. The largest absolute Gasteiger partial charge is 0.381 e. The predicted octanol–water partition coefficient (Wildman–Crippen LogP) is 3.44. The fraction of sp³-hybridized carbons (Fsp3) is 0.929. The summed E-state index contributed by atoms with van der Waals surface area (Å²) in [7, 11) is 0. The molecule has 1 aliphatic rings. The van der Waals surface area contributed by atoms with Crippen LogP contribution < -0.4 is 0 Å². The number of hydrogen-bond acceptors (Lipinski definition) is 2. The average molecular weight is 226 g/mol. The zero-order chi connectivity index (χ0) is 12.2. The van der Waals surface area contributed by atoms with Crippen molar-refractivity contribution in [1.29, 1.82) is 0 Å². The summed E-state index contributed by atoms with van der Waals surface area (Å²) in [5, 5.41) is 0. The summed E-state index contributed by atoms with van der Waals surface area (Å²) in [5.74, 6) is 1.09. The van der Waals surface area contributed by atoms with Gasteiger partial charge >= 0.3 is 0 Å². The van der Waals surface area contributed by atoms with E-state index in [1.165, 1.54) is 0 Å². The molecule has 0 aliphatic carbocycles. The van der Waals surface area contributed by atoms with E-state index in [1.807, 2.05) is 0 Å². The summed E-state index contributed by atoms with van der Waals surface area (Å²) in [6.07, 6.45) is 3.92. The van der Waals surface area contributed by atoms with Gasteiger partial charge in [-0.05, 0) is 30.6 Å². The van der Waals surface area contributed by atoms with Gasteiger partial charge in [-0.3, -0.25) is 4.79 Å². The number of hydrogen-bond donors (Lipinski definition) is 0. The molecule has 0 aromatic carbocycles. The minimum Gasteiger partial charge on any atom is -0.381 e. The number of ketones is 1. The Balaban J connectivity index is 2.32. The van der Waals surface area contributed by atoms with Gasteiger partial charge in [0.25, 0.3) is 0 Å². The number of rotatable bonds is 4. The zero-order valence-corrected chi connectivity index (χ0v) is 11.2. The van der Waals surface area contributed by atoms with Crippen molar-refractivity contribution in [2.75, 3.05) is 13.2 Å². The lowest BCUT2D eigenvalue weighted by molar-refractivity contribution is -0.127. The second-order valence-corrected chi connectivity index (χ2v) is 6.45. The van der Waals surface area contributed by atoms with Crippen molar-refractivity contribution in [3.05, 3.63) is 0 Å². The highest BCUT2D eigenvalue weighted by Crippen LogP contribution is 2.27. The maximum atomic E-state index is 12.0. The first-order chi connectivity index (χ1) is 7.38. The van der Waals surface area contributed by atoms with E-state index in [0.29, 0.717) is 23.7 Å². The first-order valence-electron chi connectivity index (χ1n) is 6.49. The standard InChI is InChI=1S/C14H26O2/c1-11(9-14(2,3)4)8-13(15)12-6-5-7-16-10-12/h11-12H,5-10H2,1-4H3. The number of ether oxygens (including phenoxy) is 1.